The van der Waals surface area contributed by atoms with E-state index in [4.69, 9.17) is 0 Å². The fraction of sp³-hybridized carbons (Fsp3) is 1.00. The predicted octanol–water partition coefficient (Wildman–Crippen LogP) is 1.71. The van der Waals surface area contributed by atoms with Gasteiger partial charge in [-0.05, 0) is 19.3 Å². The van der Waals surface area contributed by atoms with Gasteiger partial charge in [-0.3, -0.25) is 4.31 Å². The van der Waals surface area contributed by atoms with E-state index in [-0.39, 0.29) is 0 Å². The van der Waals surface area contributed by atoms with Crippen LogP contribution in [-0.2, 0) is 0 Å². The standard InChI is InChI=1S/C6H13NS/c1-2-6-4-3-5-7(6)8/h6,8H,2-5H2,1H3. The summed E-state index contributed by atoms with van der Waals surface area (Å²) in [6.45, 7) is 3.40. The van der Waals surface area contributed by atoms with E-state index >= 15 is 0 Å². The Bertz CT molecular complexity index is 74.9. The van der Waals surface area contributed by atoms with Crippen molar-refractivity contribution < 1.29 is 0 Å². The summed E-state index contributed by atoms with van der Waals surface area (Å²) in [6, 6.07) is 0.762. The molecule has 1 fully saturated rings. The molecule has 0 aromatic heterocycles. The van der Waals surface area contributed by atoms with Gasteiger partial charge in [0.15, 0.2) is 0 Å². The molecule has 1 rings (SSSR count). The first-order valence-corrected chi connectivity index (χ1v) is 3.70. The Morgan fingerprint density at radius 2 is 2.50 bits per heavy atom. The molecule has 0 amide bonds. The van der Waals surface area contributed by atoms with Gasteiger partial charge < -0.3 is 0 Å². The average Bonchev–Trinajstić information content (AvgIpc) is 2.14. The Morgan fingerprint density at radius 3 is 2.75 bits per heavy atom. The minimum absolute atomic E-state index is 0.762. The molecule has 0 spiro atoms. The first-order valence-electron chi connectivity index (χ1n) is 3.30. The third-order valence-electron chi connectivity index (χ3n) is 1.82. The third-order valence-corrected chi connectivity index (χ3v) is 2.34. The van der Waals surface area contributed by atoms with Crippen molar-refractivity contribution in [3.8, 4) is 0 Å². The van der Waals surface area contributed by atoms with Gasteiger partial charge in [-0.2, -0.15) is 0 Å². The Hall–Kier alpha value is 0.310. The van der Waals surface area contributed by atoms with Crippen molar-refractivity contribution in [2.24, 2.45) is 0 Å². The zero-order valence-corrected chi connectivity index (χ0v) is 6.19. The maximum atomic E-state index is 4.30. The molecule has 1 saturated heterocycles. The molecular weight excluding hydrogens is 118 g/mol. The van der Waals surface area contributed by atoms with E-state index in [1.807, 2.05) is 0 Å². The van der Waals surface area contributed by atoms with Gasteiger partial charge >= 0.3 is 0 Å². The monoisotopic (exact) mass is 131 g/mol. The molecule has 48 valence electrons. The lowest BCUT2D eigenvalue weighted by molar-refractivity contribution is 0.430. The molecule has 1 aliphatic heterocycles. The number of rotatable bonds is 1. The van der Waals surface area contributed by atoms with Crippen LogP contribution >= 0.6 is 12.8 Å². The summed E-state index contributed by atoms with van der Waals surface area (Å²) in [4.78, 5) is 0. The summed E-state index contributed by atoms with van der Waals surface area (Å²) in [5.74, 6) is 0. The van der Waals surface area contributed by atoms with Gasteiger partial charge in [-0.25, -0.2) is 0 Å². The van der Waals surface area contributed by atoms with Crippen molar-refractivity contribution in [3.05, 3.63) is 0 Å². The summed E-state index contributed by atoms with van der Waals surface area (Å²) in [7, 11) is 0. The molecule has 0 bridgehead atoms. The smallest absolute Gasteiger partial charge is 0.0198 e. The summed E-state index contributed by atoms with van der Waals surface area (Å²) >= 11 is 4.30. The van der Waals surface area contributed by atoms with Crippen LogP contribution in [-0.4, -0.2) is 16.9 Å². The van der Waals surface area contributed by atoms with Crippen LogP contribution in [0.5, 0.6) is 0 Å². The van der Waals surface area contributed by atoms with Gasteiger partial charge in [0.2, 0.25) is 0 Å². The summed E-state index contributed by atoms with van der Waals surface area (Å²) in [6.07, 6.45) is 3.94. The lowest BCUT2D eigenvalue weighted by Gasteiger charge is -2.14. The highest BCUT2D eigenvalue weighted by atomic mass is 32.1. The van der Waals surface area contributed by atoms with Crippen molar-refractivity contribution in [2.75, 3.05) is 6.54 Å². The molecule has 0 aromatic rings. The SMILES string of the molecule is CCC1CCCN1S. The minimum Gasteiger partial charge on any atom is -0.250 e. The highest BCUT2D eigenvalue weighted by Crippen LogP contribution is 2.20. The third kappa shape index (κ3) is 1.17. The van der Waals surface area contributed by atoms with Gasteiger partial charge in [0.1, 0.15) is 0 Å². The second-order valence-corrected chi connectivity index (χ2v) is 2.88. The van der Waals surface area contributed by atoms with E-state index in [2.05, 4.69) is 24.0 Å². The number of hydrogen-bond donors (Lipinski definition) is 1. The van der Waals surface area contributed by atoms with Gasteiger partial charge in [-0.1, -0.05) is 19.7 Å². The number of nitrogens with zero attached hydrogens (tertiary/aromatic N) is 1. The minimum atomic E-state index is 0.762. The first-order chi connectivity index (χ1) is 3.84. The molecule has 1 heterocycles. The normalized spacial score (nSPS) is 31.5. The lowest BCUT2D eigenvalue weighted by Crippen LogP contribution is -2.17. The molecule has 1 nitrogen and oxygen atoms in total. The lowest BCUT2D eigenvalue weighted by atomic mass is 10.2. The van der Waals surface area contributed by atoms with E-state index in [9.17, 15) is 0 Å². The maximum absolute atomic E-state index is 4.30. The number of thiol groups is 1. The molecule has 1 unspecified atom stereocenters. The Kier molecular flexibility index (Phi) is 2.20. The van der Waals surface area contributed by atoms with Gasteiger partial charge in [-0.15, -0.1) is 0 Å². The molecular formula is C6H13NS. The zero-order chi connectivity index (χ0) is 5.98. The molecule has 0 aromatic carbocycles. The van der Waals surface area contributed by atoms with Crippen LogP contribution in [0, 0.1) is 0 Å². The molecule has 0 N–H and O–H groups in total. The second-order valence-electron chi connectivity index (χ2n) is 2.37. The van der Waals surface area contributed by atoms with E-state index in [1.54, 1.807) is 0 Å². The quantitative estimate of drug-likeness (QED) is 0.530. The summed E-state index contributed by atoms with van der Waals surface area (Å²) in [5, 5.41) is 0. The van der Waals surface area contributed by atoms with Crippen LogP contribution in [0.25, 0.3) is 0 Å². The molecule has 1 aliphatic rings. The Morgan fingerprint density at radius 1 is 1.75 bits per heavy atom. The van der Waals surface area contributed by atoms with Crippen LogP contribution in [0.1, 0.15) is 26.2 Å². The largest absolute Gasteiger partial charge is 0.250 e. The fourth-order valence-corrected chi connectivity index (χ4v) is 1.66. The predicted molar refractivity (Wildman–Crippen MR) is 39.0 cm³/mol. The van der Waals surface area contributed by atoms with Crippen molar-refractivity contribution in [3.63, 3.8) is 0 Å². The summed E-state index contributed by atoms with van der Waals surface area (Å²) < 4.78 is 2.15. The van der Waals surface area contributed by atoms with Crippen molar-refractivity contribution in [1.82, 2.24) is 4.31 Å². The van der Waals surface area contributed by atoms with Crippen molar-refractivity contribution in [2.45, 2.75) is 32.2 Å². The molecule has 2 heteroatoms. The van der Waals surface area contributed by atoms with E-state index < -0.39 is 0 Å². The Balaban J connectivity index is 2.30. The summed E-state index contributed by atoms with van der Waals surface area (Å²) in [5.41, 5.74) is 0. The fourth-order valence-electron chi connectivity index (χ4n) is 1.24. The van der Waals surface area contributed by atoms with Crippen molar-refractivity contribution in [1.29, 1.82) is 0 Å². The van der Waals surface area contributed by atoms with Crippen LogP contribution in [0.4, 0.5) is 0 Å². The van der Waals surface area contributed by atoms with Gasteiger partial charge in [0, 0.05) is 12.6 Å². The topological polar surface area (TPSA) is 3.24 Å². The molecule has 1 atom stereocenters. The van der Waals surface area contributed by atoms with Gasteiger partial charge in [0.25, 0.3) is 0 Å². The van der Waals surface area contributed by atoms with Gasteiger partial charge in [0.05, 0.1) is 0 Å². The molecule has 8 heavy (non-hydrogen) atoms. The van der Waals surface area contributed by atoms with Crippen LogP contribution in [0.3, 0.4) is 0 Å². The first kappa shape index (κ1) is 6.43. The van der Waals surface area contributed by atoms with Crippen LogP contribution in [0.15, 0.2) is 0 Å². The maximum Gasteiger partial charge on any atom is 0.0198 e. The van der Waals surface area contributed by atoms with E-state index in [0.29, 0.717) is 0 Å². The molecule has 0 radical (unpaired) electrons. The highest BCUT2D eigenvalue weighted by Gasteiger charge is 2.18. The number of hydrogen-bond acceptors (Lipinski definition) is 2. The molecule has 0 aliphatic carbocycles. The molecule has 0 saturated carbocycles. The Labute approximate surface area is 56.6 Å². The van der Waals surface area contributed by atoms with E-state index in [0.717, 1.165) is 6.04 Å². The van der Waals surface area contributed by atoms with E-state index in [1.165, 1.54) is 25.8 Å². The van der Waals surface area contributed by atoms with Crippen molar-refractivity contribution >= 4 is 12.8 Å². The zero-order valence-electron chi connectivity index (χ0n) is 5.30. The second kappa shape index (κ2) is 2.74. The average molecular weight is 131 g/mol. The van der Waals surface area contributed by atoms with Crippen LogP contribution < -0.4 is 0 Å². The highest BCUT2D eigenvalue weighted by molar-refractivity contribution is 7.77. The van der Waals surface area contributed by atoms with Crippen LogP contribution in [0.2, 0.25) is 0 Å².